The second kappa shape index (κ2) is 5.57. The van der Waals surface area contributed by atoms with E-state index in [0.717, 1.165) is 12.8 Å². The maximum absolute atomic E-state index is 10.8. The van der Waals surface area contributed by atoms with E-state index in [1.165, 1.54) is 0 Å². The van der Waals surface area contributed by atoms with Gasteiger partial charge in [0.2, 0.25) is 0 Å². The summed E-state index contributed by atoms with van der Waals surface area (Å²) >= 11 is 0. The monoisotopic (exact) mass is 209 g/mol. The predicted octanol–water partition coefficient (Wildman–Crippen LogP) is -0.362. The minimum absolute atomic E-state index is 0.169. The SMILES string of the molecule is CC(C)CNCC(O)CS(C)(=O)=O. The molecule has 13 heavy (non-hydrogen) atoms. The molecule has 0 aliphatic heterocycles. The normalized spacial score (nSPS) is 14.8. The van der Waals surface area contributed by atoms with Crippen molar-refractivity contribution in [3.8, 4) is 0 Å². The molecule has 0 amide bonds. The van der Waals surface area contributed by atoms with Crippen molar-refractivity contribution in [1.82, 2.24) is 5.32 Å². The summed E-state index contributed by atoms with van der Waals surface area (Å²) < 4.78 is 21.5. The Balaban J connectivity index is 3.58. The van der Waals surface area contributed by atoms with Gasteiger partial charge < -0.3 is 10.4 Å². The van der Waals surface area contributed by atoms with Crippen LogP contribution in [0.1, 0.15) is 13.8 Å². The highest BCUT2D eigenvalue weighted by Gasteiger charge is 2.11. The van der Waals surface area contributed by atoms with Gasteiger partial charge in [-0.15, -0.1) is 0 Å². The van der Waals surface area contributed by atoms with Gasteiger partial charge in [-0.25, -0.2) is 8.42 Å². The summed E-state index contributed by atoms with van der Waals surface area (Å²) in [6.45, 7) is 5.23. The minimum atomic E-state index is -3.06. The lowest BCUT2D eigenvalue weighted by Crippen LogP contribution is -2.33. The van der Waals surface area contributed by atoms with Gasteiger partial charge in [-0.05, 0) is 12.5 Å². The van der Waals surface area contributed by atoms with Crippen molar-refractivity contribution in [2.45, 2.75) is 20.0 Å². The maximum Gasteiger partial charge on any atom is 0.150 e. The molecule has 0 heterocycles. The molecule has 0 aliphatic rings. The van der Waals surface area contributed by atoms with E-state index in [1.54, 1.807) is 0 Å². The van der Waals surface area contributed by atoms with Gasteiger partial charge in [-0.2, -0.15) is 0 Å². The lowest BCUT2D eigenvalue weighted by atomic mass is 10.2. The number of rotatable bonds is 6. The summed E-state index contributed by atoms with van der Waals surface area (Å²) in [4.78, 5) is 0. The third-order valence-corrected chi connectivity index (χ3v) is 2.42. The Morgan fingerprint density at radius 3 is 2.23 bits per heavy atom. The molecule has 0 saturated carbocycles. The average molecular weight is 209 g/mol. The molecule has 0 spiro atoms. The van der Waals surface area contributed by atoms with Crippen LogP contribution in [0.15, 0.2) is 0 Å². The second-order valence-corrected chi connectivity index (χ2v) is 5.98. The molecule has 0 rings (SSSR count). The Labute approximate surface area is 80.3 Å². The van der Waals surface area contributed by atoms with Crippen molar-refractivity contribution >= 4 is 9.84 Å². The van der Waals surface area contributed by atoms with E-state index in [4.69, 9.17) is 0 Å². The largest absolute Gasteiger partial charge is 0.391 e. The van der Waals surface area contributed by atoms with Crippen LogP contribution in [-0.4, -0.2) is 44.7 Å². The number of sulfone groups is 1. The summed E-state index contributed by atoms with van der Waals surface area (Å²) in [6, 6.07) is 0. The van der Waals surface area contributed by atoms with Crippen LogP contribution in [-0.2, 0) is 9.84 Å². The number of aliphatic hydroxyl groups is 1. The third-order valence-electron chi connectivity index (χ3n) is 1.43. The van der Waals surface area contributed by atoms with Crippen molar-refractivity contribution in [3.63, 3.8) is 0 Å². The van der Waals surface area contributed by atoms with Crippen LogP contribution in [0.4, 0.5) is 0 Å². The molecule has 0 saturated heterocycles. The fourth-order valence-corrected chi connectivity index (χ4v) is 1.76. The van der Waals surface area contributed by atoms with Crippen molar-refractivity contribution in [3.05, 3.63) is 0 Å². The summed E-state index contributed by atoms with van der Waals surface area (Å²) in [5.74, 6) is 0.336. The highest BCUT2D eigenvalue weighted by Crippen LogP contribution is 1.91. The molecule has 1 atom stereocenters. The first-order chi connectivity index (χ1) is 5.81. The van der Waals surface area contributed by atoms with Crippen molar-refractivity contribution in [2.24, 2.45) is 5.92 Å². The molecule has 0 aromatic carbocycles. The van der Waals surface area contributed by atoms with Crippen LogP contribution in [0, 0.1) is 5.92 Å². The molecule has 0 aromatic heterocycles. The smallest absolute Gasteiger partial charge is 0.150 e. The summed E-state index contributed by atoms with van der Waals surface area (Å²) in [5, 5.41) is 12.2. The highest BCUT2D eigenvalue weighted by atomic mass is 32.2. The predicted molar refractivity (Wildman–Crippen MR) is 53.4 cm³/mol. The van der Waals surface area contributed by atoms with E-state index < -0.39 is 15.9 Å². The van der Waals surface area contributed by atoms with Crippen molar-refractivity contribution in [1.29, 1.82) is 0 Å². The zero-order valence-corrected chi connectivity index (χ0v) is 9.26. The fourth-order valence-electron chi connectivity index (χ4n) is 0.947. The van der Waals surface area contributed by atoms with Gasteiger partial charge in [0.15, 0.2) is 0 Å². The van der Waals surface area contributed by atoms with E-state index in [9.17, 15) is 13.5 Å². The van der Waals surface area contributed by atoms with Crippen LogP contribution in [0.5, 0.6) is 0 Å². The first-order valence-electron chi connectivity index (χ1n) is 4.38. The molecule has 0 bridgehead atoms. The van der Waals surface area contributed by atoms with Crippen molar-refractivity contribution in [2.75, 3.05) is 25.1 Å². The summed E-state index contributed by atoms with van der Waals surface area (Å²) in [5.41, 5.74) is 0. The van der Waals surface area contributed by atoms with Gasteiger partial charge >= 0.3 is 0 Å². The van der Waals surface area contributed by atoms with Crippen LogP contribution < -0.4 is 5.32 Å². The van der Waals surface area contributed by atoms with Gasteiger partial charge in [0.25, 0.3) is 0 Å². The molecular formula is C8H19NO3S. The Bertz CT molecular complexity index is 224. The van der Waals surface area contributed by atoms with E-state index in [1.807, 2.05) is 0 Å². The number of nitrogens with one attached hydrogen (secondary N) is 1. The van der Waals surface area contributed by atoms with Crippen LogP contribution in [0.2, 0.25) is 0 Å². The molecule has 0 aliphatic carbocycles. The second-order valence-electron chi connectivity index (χ2n) is 3.80. The highest BCUT2D eigenvalue weighted by molar-refractivity contribution is 7.90. The average Bonchev–Trinajstić information content (AvgIpc) is 1.81. The molecule has 0 radical (unpaired) electrons. The number of hydrogen-bond acceptors (Lipinski definition) is 4. The Kier molecular flexibility index (Phi) is 5.51. The third kappa shape index (κ3) is 9.79. The first kappa shape index (κ1) is 12.9. The van der Waals surface area contributed by atoms with Crippen molar-refractivity contribution < 1.29 is 13.5 Å². The molecule has 1 unspecified atom stereocenters. The number of aliphatic hydroxyl groups excluding tert-OH is 1. The Morgan fingerprint density at radius 1 is 1.31 bits per heavy atom. The topological polar surface area (TPSA) is 66.4 Å². The quantitative estimate of drug-likeness (QED) is 0.627. The molecule has 5 heteroatoms. The summed E-state index contributed by atoms with van der Waals surface area (Å²) in [6.07, 6.45) is 0.326. The van der Waals surface area contributed by atoms with E-state index in [-0.39, 0.29) is 5.75 Å². The summed E-state index contributed by atoms with van der Waals surface area (Å²) in [7, 11) is -3.06. The number of hydrogen-bond donors (Lipinski definition) is 2. The fraction of sp³-hybridized carbons (Fsp3) is 1.00. The molecule has 0 fully saturated rings. The maximum atomic E-state index is 10.8. The molecule has 80 valence electrons. The molecule has 2 N–H and O–H groups in total. The van der Waals surface area contributed by atoms with Gasteiger partial charge in [-0.1, -0.05) is 13.8 Å². The van der Waals surface area contributed by atoms with E-state index in [2.05, 4.69) is 19.2 Å². The van der Waals surface area contributed by atoms with Gasteiger partial charge in [-0.3, -0.25) is 0 Å². The lowest BCUT2D eigenvalue weighted by molar-refractivity contribution is 0.192. The van der Waals surface area contributed by atoms with Gasteiger partial charge in [0, 0.05) is 12.8 Å². The van der Waals surface area contributed by atoms with Crippen LogP contribution in [0.25, 0.3) is 0 Å². The Hall–Kier alpha value is -0.130. The Morgan fingerprint density at radius 2 is 1.85 bits per heavy atom. The first-order valence-corrected chi connectivity index (χ1v) is 6.44. The zero-order chi connectivity index (χ0) is 10.5. The molecular weight excluding hydrogens is 190 g/mol. The minimum Gasteiger partial charge on any atom is -0.391 e. The van der Waals surface area contributed by atoms with E-state index >= 15 is 0 Å². The van der Waals surface area contributed by atoms with E-state index in [0.29, 0.717) is 12.5 Å². The van der Waals surface area contributed by atoms with Crippen LogP contribution in [0.3, 0.4) is 0 Å². The van der Waals surface area contributed by atoms with Gasteiger partial charge in [0.1, 0.15) is 9.84 Å². The molecule has 4 nitrogen and oxygen atoms in total. The standard InChI is InChI=1S/C8H19NO3S/c1-7(2)4-9-5-8(10)6-13(3,11)12/h7-10H,4-6H2,1-3H3. The molecule has 0 aromatic rings. The van der Waals surface area contributed by atoms with Gasteiger partial charge in [0.05, 0.1) is 11.9 Å². The zero-order valence-electron chi connectivity index (χ0n) is 8.45. The van der Waals surface area contributed by atoms with Crippen LogP contribution >= 0.6 is 0 Å². The lowest BCUT2D eigenvalue weighted by Gasteiger charge is -2.11.